The minimum Gasteiger partial charge on any atom is -0.300 e. The van der Waals surface area contributed by atoms with Crippen LogP contribution >= 0.6 is 0 Å². The molecule has 1 heterocycles. The number of piperidine rings is 1. The minimum atomic E-state index is -0.261. The summed E-state index contributed by atoms with van der Waals surface area (Å²) in [5, 5.41) is 13.2. The fraction of sp³-hybridized carbons (Fsp3) is 0.941. The number of hydrogen-bond donors (Lipinski definition) is 1. The molecule has 0 spiro atoms. The third kappa shape index (κ3) is 3.74. The van der Waals surface area contributed by atoms with E-state index in [1.165, 1.54) is 32.4 Å². The molecule has 2 aliphatic rings. The monoisotopic (exact) mass is 277 g/mol. The zero-order chi connectivity index (χ0) is 14.6. The van der Waals surface area contributed by atoms with Gasteiger partial charge in [0.1, 0.15) is 5.54 Å². The molecule has 0 aromatic heterocycles. The maximum Gasteiger partial charge on any atom is 0.108 e. The van der Waals surface area contributed by atoms with Crippen LogP contribution in [0.1, 0.15) is 59.3 Å². The largest absolute Gasteiger partial charge is 0.300 e. The number of rotatable bonds is 4. The Morgan fingerprint density at radius 3 is 2.60 bits per heavy atom. The molecule has 1 N–H and O–H groups in total. The van der Waals surface area contributed by atoms with Crippen molar-refractivity contribution in [3.63, 3.8) is 0 Å². The van der Waals surface area contributed by atoms with E-state index in [4.69, 9.17) is 0 Å². The van der Waals surface area contributed by atoms with Gasteiger partial charge in [-0.15, -0.1) is 0 Å². The van der Waals surface area contributed by atoms with E-state index in [-0.39, 0.29) is 5.54 Å². The molecule has 1 aliphatic carbocycles. The van der Waals surface area contributed by atoms with Gasteiger partial charge in [0.15, 0.2) is 0 Å². The van der Waals surface area contributed by atoms with Crippen molar-refractivity contribution in [1.82, 2.24) is 10.2 Å². The van der Waals surface area contributed by atoms with Crippen LogP contribution in [0, 0.1) is 23.2 Å². The van der Waals surface area contributed by atoms with Crippen LogP contribution in [0.2, 0.25) is 0 Å². The fourth-order valence-corrected chi connectivity index (χ4v) is 4.23. The molecule has 0 bridgehead atoms. The molecule has 20 heavy (non-hydrogen) atoms. The van der Waals surface area contributed by atoms with E-state index in [1.54, 1.807) is 0 Å². The molecule has 3 heteroatoms. The van der Waals surface area contributed by atoms with E-state index in [2.05, 4.69) is 37.1 Å². The molecule has 2 fully saturated rings. The lowest BCUT2D eigenvalue weighted by atomic mass is 9.78. The third-order valence-corrected chi connectivity index (χ3v) is 5.07. The van der Waals surface area contributed by atoms with Crippen molar-refractivity contribution >= 4 is 0 Å². The average Bonchev–Trinajstić information content (AvgIpc) is 2.44. The Bertz CT molecular complexity index is 339. The van der Waals surface area contributed by atoms with E-state index in [1.807, 2.05) is 0 Å². The molecule has 0 radical (unpaired) electrons. The van der Waals surface area contributed by atoms with Crippen molar-refractivity contribution in [1.29, 1.82) is 5.26 Å². The van der Waals surface area contributed by atoms with E-state index in [0.29, 0.717) is 6.04 Å². The Morgan fingerprint density at radius 2 is 2.00 bits per heavy atom. The van der Waals surface area contributed by atoms with Crippen molar-refractivity contribution in [2.24, 2.45) is 11.8 Å². The summed E-state index contributed by atoms with van der Waals surface area (Å²) in [6.45, 7) is 10.3. The lowest BCUT2D eigenvalue weighted by Crippen LogP contribution is -2.55. The van der Waals surface area contributed by atoms with Gasteiger partial charge in [-0.25, -0.2) is 0 Å². The molecular weight excluding hydrogens is 246 g/mol. The first kappa shape index (κ1) is 15.8. The summed E-state index contributed by atoms with van der Waals surface area (Å²) in [5.74, 6) is 1.61. The summed E-state index contributed by atoms with van der Waals surface area (Å²) in [7, 11) is 0. The molecule has 114 valence electrons. The van der Waals surface area contributed by atoms with Gasteiger partial charge in [0.25, 0.3) is 0 Å². The Hall–Kier alpha value is -0.590. The Balaban J connectivity index is 2.00. The molecule has 0 aromatic rings. The van der Waals surface area contributed by atoms with Crippen LogP contribution in [0.3, 0.4) is 0 Å². The van der Waals surface area contributed by atoms with Gasteiger partial charge < -0.3 is 0 Å². The van der Waals surface area contributed by atoms with Crippen molar-refractivity contribution < 1.29 is 0 Å². The van der Waals surface area contributed by atoms with E-state index in [9.17, 15) is 5.26 Å². The van der Waals surface area contributed by atoms with Crippen molar-refractivity contribution in [2.75, 3.05) is 19.6 Å². The van der Waals surface area contributed by atoms with Gasteiger partial charge in [-0.2, -0.15) is 5.26 Å². The Labute approximate surface area is 124 Å². The molecule has 3 nitrogen and oxygen atoms in total. The topological polar surface area (TPSA) is 39.1 Å². The second kappa shape index (κ2) is 6.91. The zero-order valence-electron chi connectivity index (χ0n) is 13.5. The van der Waals surface area contributed by atoms with Gasteiger partial charge in [0.05, 0.1) is 6.07 Å². The SMILES string of the molecule is CCCNC1(C#N)CCCC(N2CC(C)CC(C)C2)C1. The summed E-state index contributed by atoms with van der Waals surface area (Å²) in [4.78, 5) is 2.68. The molecule has 4 atom stereocenters. The normalized spacial score (nSPS) is 39.4. The van der Waals surface area contributed by atoms with Crippen molar-refractivity contribution in [3.05, 3.63) is 0 Å². The van der Waals surface area contributed by atoms with Crippen LogP contribution in [-0.2, 0) is 0 Å². The van der Waals surface area contributed by atoms with E-state index >= 15 is 0 Å². The molecule has 0 amide bonds. The second-order valence-corrected chi connectivity index (χ2v) is 7.27. The quantitative estimate of drug-likeness (QED) is 0.858. The summed E-state index contributed by atoms with van der Waals surface area (Å²) < 4.78 is 0. The van der Waals surface area contributed by atoms with Crippen molar-refractivity contribution in [2.45, 2.75) is 70.9 Å². The van der Waals surface area contributed by atoms with Gasteiger partial charge in [0, 0.05) is 19.1 Å². The molecular formula is C17H31N3. The van der Waals surface area contributed by atoms with Crippen LogP contribution in [-0.4, -0.2) is 36.1 Å². The molecule has 1 saturated heterocycles. The van der Waals surface area contributed by atoms with E-state index < -0.39 is 0 Å². The summed E-state index contributed by atoms with van der Waals surface area (Å²) in [5.41, 5.74) is -0.261. The number of likely N-dealkylation sites (tertiary alicyclic amines) is 1. The first-order chi connectivity index (χ1) is 9.58. The van der Waals surface area contributed by atoms with Crippen LogP contribution in [0.4, 0.5) is 0 Å². The van der Waals surface area contributed by atoms with Crippen LogP contribution in [0.15, 0.2) is 0 Å². The number of nitrogens with zero attached hydrogens (tertiary/aromatic N) is 2. The zero-order valence-corrected chi connectivity index (χ0v) is 13.5. The second-order valence-electron chi connectivity index (χ2n) is 7.27. The minimum absolute atomic E-state index is 0.261. The predicted octanol–water partition coefficient (Wildman–Crippen LogP) is 3.17. The van der Waals surface area contributed by atoms with Gasteiger partial charge in [-0.3, -0.25) is 10.2 Å². The predicted molar refractivity (Wildman–Crippen MR) is 83.4 cm³/mol. The van der Waals surface area contributed by atoms with Gasteiger partial charge >= 0.3 is 0 Å². The highest BCUT2D eigenvalue weighted by Gasteiger charge is 2.39. The summed E-state index contributed by atoms with van der Waals surface area (Å²) in [6, 6.07) is 3.22. The van der Waals surface area contributed by atoms with Crippen LogP contribution in [0.5, 0.6) is 0 Å². The molecule has 2 rings (SSSR count). The molecule has 1 aliphatic heterocycles. The highest BCUT2D eigenvalue weighted by Crippen LogP contribution is 2.34. The maximum absolute atomic E-state index is 9.66. The Kier molecular flexibility index (Phi) is 5.46. The smallest absolute Gasteiger partial charge is 0.108 e. The van der Waals surface area contributed by atoms with Crippen LogP contribution in [0.25, 0.3) is 0 Å². The van der Waals surface area contributed by atoms with Crippen molar-refractivity contribution in [3.8, 4) is 6.07 Å². The Morgan fingerprint density at radius 1 is 1.30 bits per heavy atom. The number of nitriles is 1. The lowest BCUT2D eigenvalue weighted by Gasteiger charge is -2.45. The fourth-order valence-electron chi connectivity index (χ4n) is 4.23. The summed E-state index contributed by atoms with van der Waals surface area (Å²) >= 11 is 0. The van der Waals surface area contributed by atoms with E-state index in [0.717, 1.165) is 37.6 Å². The highest BCUT2D eigenvalue weighted by atomic mass is 15.2. The standard InChI is InChI=1S/C17H31N3/c1-4-8-19-17(13-18)7-5-6-16(10-17)20-11-14(2)9-15(3)12-20/h14-16,19H,4-12H2,1-3H3. The number of hydrogen-bond acceptors (Lipinski definition) is 3. The first-order valence-electron chi connectivity index (χ1n) is 8.49. The van der Waals surface area contributed by atoms with Crippen LogP contribution < -0.4 is 5.32 Å². The third-order valence-electron chi connectivity index (χ3n) is 5.07. The average molecular weight is 277 g/mol. The highest BCUT2D eigenvalue weighted by molar-refractivity contribution is 5.11. The van der Waals surface area contributed by atoms with Gasteiger partial charge in [-0.05, 0) is 56.9 Å². The molecule has 0 aromatic carbocycles. The summed E-state index contributed by atoms with van der Waals surface area (Å²) in [6.07, 6.45) is 6.97. The van der Waals surface area contributed by atoms with Gasteiger partial charge in [0.2, 0.25) is 0 Å². The molecule has 1 saturated carbocycles. The molecule has 4 unspecified atom stereocenters. The van der Waals surface area contributed by atoms with Gasteiger partial charge in [-0.1, -0.05) is 20.8 Å². The first-order valence-corrected chi connectivity index (χ1v) is 8.49. The lowest BCUT2D eigenvalue weighted by molar-refractivity contribution is 0.0582. The number of nitrogens with one attached hydrogen (secondary N) is 1. The maximum atomic E-state index is 9.66.